The minimum absolute atomic E-state index is 0.0106. The number of nitrogens with zero attached hydrogens (tertiary/aromatic N) is 1. The first-order valence-corrected chi connectivity index (χ1v) is 7.84. The molecule has 1 aliphatic rings. The van der Waals surface area contributed by atoms with Crippen molar-refractivity contribution in [3.63, 3.8) is 0 Å². The van der Waals surface area contributed by atoms with Gasteiger partial charge in [0.25, 0.3) is 5.91 Å². The average Bonchev–Trinajstić information content (AvgIpc) is 2.74. The lowest BCUT2D eigenvalue weighted by Gasteiger charge is -2.20. The summed E-state index contributed by atoms with van der Waals surface area (Å²) in [5, 5.41) is 0. The molecule has 1 saturated heterocycles. The summed E-state index contributed by atoms with van der Waals surface area (Å²) in [7, 11) is 0. The van der Waals surface area contributed by atoms with Crippen LogP contribution in [0.1, 0.15) is 49.8 Å². The van der Waals surface area contributed by atoms with E-state index in [0.29, 0.717) is 0 Å². The molecule has 0 spiro atoms. The maximum atomic E-state index is 12.2. The number of ether oxygens (including phenoxy) is 1. The number of hydrogen-bond acceptors (Lipinski definition) is 3. The molecular formula is C17H26N2O2. The fourth-order valence-corrected chi connectivity index (χ4v) is 2.67. The van der Waals surface area contributed by atoms with Gasteiger partial charge in [-0.25, -0.2) is 0 Å². The fraction of sp³-hybridized carbons (Fsp3) is 0.588. The highest BCUT2D eigenvalue weighted by atomic mass is 16.5. The highest BCUT2D eigenvalue weighted by molar-refractivity contribution is 5.77. The summed E-state index contributed by atoms with van der Waals surface area (Å²) in [5.74, 6) is 0.857. The lowest BCUT2D eigenvalue weighted by atomic mass is 10.1. The summed E-state index contributed by atoms with van der Waals surface area (Å²) in [6.07, 6.45) is 4.66. The topological polar surface area (TPSA) is 55.6 Å². The van der Waals surface area contributed by atoms with Crippen molar-refractivity contribution in [3.05, 3.63) is 29.3 Å². The van der Waals surface area contributed by atoms with Crippen LogP contribution in [0.5, 0.6) is 5.75 Å². The summed E-state index contributed by atoms with van der Waals surface area (Å²) < 4.78 is 5.70. The first-order valence-electron chi connectivity index (χ1n) is 7.84. The minimum Gasteiger partial charge on any atom is -0.484 e. The van der Waals surface area contributed by atoms with E-state index in [-0.39, 0.29) is 18.6 Å². The van der Waals surface area contributed by atoms with Crippen LogP contribution in [-0.4, -0.2) is 30.5 Å². The second-order valence-electron chi connectivity index (χ2n) is 5.90. The van der Waals surface area contributed by atoms with Gasteiger partial charge in [0, 0.05) is 19.1 Å². The Morgan fingerprint density at radius 2 is 1.95 bits per heavy atom. The van der Waals surface area contributed by atoms with Gasteiger partial charge in [-0.3, -0.25) is 4.79 Å². The number of likely N-dealkylation sites (tertiary alicyclic amines) is 1. The number of carbonyl (C=O) groups excluding carboxylic acids is 1. The van der Waals surface area contributed by atoms with E-state index in [1.54, 1.807) is 0 Å². The molecule has 21 heavy (non-hydrogen) atoms. The Labute approximate surface area is 127 Å². The normalized spacial score (nSPS) is 17.2. The molecule has 1 aliphatic heterocycles. The number of benzene rings is 1. The Kier molecular flexibility index (Phi) is 5.62. The zero-order valence-electron chi connectivity index (χ0n) is 13.1. The molecular weight excluding hydrogens is 264 g/mol. The van der Waals surface area contributed by atoms with Gasteiger partial charge >= 0.3 is 0 Å². The monoisotopic (exact) mass is 290 g/mol. The third-order valence-corrected chi connectivity index (χ3v) is 4.03. The van der Waals surface area contributed by atoms with E-state index in [1.807, 2.05) is 36.9 Å². The second-order valence-corrected chi connectivity index (χ2v) is 5.90. The molecule has 0 bridgehead atoms. The molecule has 4 heteroatoms. The number of nitrogens with two attached hydrogens (primary N) is 1. The maximum absolute atomic E-state index is 12.2. The number of amides is 1. The van der Waals surface area contributed by atoms with Gasteiger partial charge in [-0.15, -0.1) is 0 Å². The lowest BCUT2D eigenvalue weighted by Crippen LogP contribution is -2.35. The number of hydrogen-bond donors (Lipinski definition) is 1. The van der Waals surface area contributed by atoms with Crippen molar-refractivity contribution < 1.29 is 9.53 Å². The van der Waals surface area contributed by atoms with Crippen molar-refractivity contribution in [1.82, 2.24) is 4.90 Å². The SMILES string of the molecule is Cc1cc([C@H](C)N)ccc1OCC(=O)N1CCCCCC1. The summed E-state index contributed by atoms with van der Waals surface area (Å²) in [6, 6.07) is 5.90. The molecule has 116 valence electrons. The first-order chi connectivity index (χ1) is 10.1. The van der Waals surface area contributed by atoms with E-state index in [4.69, 9.17) is 10.5 Å². The van der Waals surface area contributed by atoms with Crippen molar-refractivity contribution in [2.45, 2.75) is 45.6 Å². The van der Waals surface area contributed by atoms with Gasteiger partial charge in [-0.2, -0.15) is 0 Å². The zero-order valence-corrected chi connectivity index (χ0v) is 13.1. The van der Waals surface area contributed by atoms with Gasteiger partial charge in [0.15, 0.2) is 6.61 Å². The molecule has 1 fully saturated rings. The lowest BCUT2D eigenvalue weighted by molar-refractivity contribution is -0.133. The quantitative estimate of drug-likeness (QED) is 0.927. The molecule has 1 aromatic carbocycles. The Hall–Kier alpha value is -1.55. The van der Waals surface area contributed by atoms with Crippen LogP contribution in [0.2, 0.25) is 0 Å². The van der Waals surface area contributed by atoms with Crippen LogP contribution < -0.4 is 10.5 Å². The molecule has 4 nitrogen and oxygen atoms in total. The van der Waals surface area contributed by atoms with Gasteiger partial charge in [0.2, 0.25) is 0 Å². The third kappa shape index (κ3) is 4.46. The molecule has 1 amide bonds. The molecule has 0 aromatic heterocycles. The van der Waals surface area contributed by atoms with Crippen LogP contribution in [0, 0.1) is 6.92 Å². The van der Waals surface area contributed by atoms with Gasteiger partial charge < -0.3 is 15.4 Å². The van der Waals surface area contributed by atoms with E-state index < -0.39 is 0 Å². The predicted octanol–water partition coefficient (Wildman–Crippen LogP) is 2.80. The van der Waals surface area contributed by atoms with Crippen molar-refractivity contribution in [1.29, 1.82) is 0 Å². The van der Waals surface area contributed by atoms with Crippen LogP contribution in [0.4, 0.5) is 0 Å². The fourth-order valence-electron chi connectivity index (χ4n) is 2.67. The first kappa shape index (κ1) is 15.8. The van der Waals surface area contributed by atoms with E-state index in [2.05, 4.69) is 0 Å². The molecule has 0 unspecified atom stereocenters. The summed E-state index contributed by atoms with van der Waals surface area (Å²) >= 11 is 0. The van der Waals surface area contributed by atoms with Gasteiger partial charge in [-0.1, -0.05) is 25.0 Å². The predicted molar refractivity (Wildman–Crippen MR) is 84.3 cm³/mol. The van der Waals surface area contributed by atoms with Gasteiger partial charge in [0.05, 0.1) is 0 Å². The van der Waals surface area contributed by atoms with E-state index in [1.165, 1.54) is 12.8 Å². The van der Waals surface area contributed by atoms with Crippen LogP contribution in [0.25, 0.3) is 0 Å². The molecule has 2 N–H and O–H groups in total. The Bertz CT molecular complexity index is 478. The van der Waals surface area contributed by atoms with Crippen LogP contribution in [-0.2, 0) is 4.79 Å². The zero-order chi connectivity index (χ0) is 15.2. The highest BCUT2D eigenvalue weighted by Crippen LogP contribution is 2.22. The molecule has 1 atom stereocenters. The van der Waals surface area contributed by atoms with Crippen molar-refractivity contribution in [3.8, 4) is 5.75 Å². The van der Waals surface area contributed by atoms with E-state index in [0.717, 1.165) is 42.8 Å². The number of carbonyl (C=O) groups is 1. The standard InChI is InChI=1S/C17H26N2O2/c1-13-11-15(14(2)18)7-8-16(13)21-12-17(20)19-9-5-3-4-6-10-19/h7-8,11,14H,3-6,9-10,12,18H2,1-2H3/t14-/m0/s1. The third-order valence-electron chi connectivity index (χ3n) is 4.03. The molecule has 0 radical (unpaired) electrons. The van der Waals surface area contributed by atoms with E-state index in [9.17, 15) is 4.79 Å². The summed E-state index contributed by atoms with van der Waals surface area (Å²) in [4.78, 5) is 14.1. The van der Waals surface area contributed by atoms with Crippen molar-refractivity contribution in [2.24, 2.45) is 5.73 Å². The minimum atomic E-state index is 0.0106. The number of aryl methyl sites for hydroxylation is 1. The second kappa shape index (κ2) is 7.46. The smallest absolute Gasteiger partial charge is 0.260 e. The molecule has 0 aliphatic carbocycles. The largest absolute Gasteiger partial charge is 0.484 e. The molecule has 0 saturated carbocycles. The molecule has 1 aromatic rings. The Morgan fingerprint density at radius 3 is 2.52 bits per heavy atom. The van der Waals surface area contributed by atoms with Crippen LogP contribution in [0.3, 0.4) is 0 Å². The Morgan fingerprint density at radius 1 is 1.29 bits per heavy atom. The van der Waals surface area contributed by atoms with Gasteiger partial charge in [0.1, 0.15) is 5.75 Å². The number of rotatable bonds is 4. The molecule has 1 heterocycles. The summed E-state index contributed by atoms with van der Waals surface area (Å²) in [5.41, 5.74) is 7.97. The van der Waals surface area contributed by atoms with Gasteiger partial charge in [-0.05, 0) is 43.9 Å². The van der Waals surface area contributed by atoms with E-state index >= 15 is 0 Å². The van der Waals surface area contributed by atoms with Crippen molar-refractivity contribution >= 4 is 5.91 Å². The summed E-state index contributed by atoms with van der Waals surface area (Å²) in [6.45, 7) is 5.80. The molecule has 2 rings (SSSR count). The van der Waals surface area contributed by atoms with Crippen LogP contribution in [0.15, 0.2) is 18.2 Å². The average molecular weight is 290 g/mol. The Balaban J connectivity index is 1.91. The van der Waals surface area contributed by atoms with Crippen molar-refractivity contribution in [2.75, 3.05) is 19.7 Å². The van der Waals surface area contributed by atoms with Crippen LogP contribution >= 0.6 is 0 Å². The maximum Gasteiger partial charge on any atom is 0.260 e. The highest BCUT2D eigenvalue weighted by Gasteiger charge is 2.16.